The molecule has 0 atom stereocenters. The standard InChI is InChI=1S/C21H21Cl2N3O3S/c1-13-4-6-15(11-17(13)23)24-19(27)12-30-21-25-18-10-14(22)5-7-16(18)20(28)26(21)8-3-9-29-2/h4-7,10-11H,3,8-9,12H2,1-2H3,(H,24,27). The monoisotopic (exact) mass is 465 g/mol. The molecule has 30 heavy (non-hydrogen) atoms. The molecule has 2 aromatic carbocycles. The predicted octanol–water partition coefficient (Wildman–Crippen LogP) is 4.78. The molecule has 1 amide bonds. The third-order valence-electron chi connectivity index (χ3n) is 4.40. The number of fused-ring (bicyclic) bond motifs is 1. The first-order chi connectivity index (χ1) is 14.4. The Hall–Kier alpha value is -2.06. The van der Waals surface area contributed by atoms with E-state index in [1.807, 2.05) is 13.0 Å². The van der Waals surface area contributed by atoms with Gasteiger partial charge in [-0.2, -0.15) is 0 Å². The van der Waals surface area contributed by atoms with Crippen molar-refractivity contribution in [2.45, 2.75) is 25.0 Å². The second-order valence-corrected chi connectivity index (χ2v) is 8.45. The highest BCUT2D eigenvalue weighted by atomic mass is 35.5. The molecule has 9 heteroatoms. The van der Waals surface area contributed by atoms with Crippen LogP contribution in [0.3, 0.4) is 0 Å². The van der Waals surface area contributed by atoms with Gasteiger partial charge in [-0.25, -0.2) is 4.98 Å². The molecular weight excluding hydrogens is 445 g/mol. The van der Waals surface area contributed by atoms with Crippen molar-refractivity contribution in [3.8, 4) is 0 Å². The third kappa shape index (κ3) is 5.55. The van der Waals surface area contributed by atoms with Crippen molar-refractivity contribution in [1.29, 1.82) is 0 Å². The largest absolute Gasteiger partial charge is 0.385 e. The van der Waals surface area contributed by atoms with Crippen LogP contribution in [0.1, 0.15) is 12.0 Å². The Kier molecular flexibility index (Phi) is 7.77. The fourth-order valence-corrected chi connectivity index (χ4v) is 4.02. The molecule has 1 N–H and O–H groups in total. The molecule has 3 aromatic rings. The lowest BCUT2D eigenvalue weighted by Gasteiger charge is -2.13. The smallest absolute Gasteiger partial charge is 0.262 e. The number of carbonyl (C=O) groups is 1. The summed E-state index contributed by atoms with van der Waals surface area (Å²) in [7, 11) is 1.61. The topological polar surface area (TPSA) is 73.2 Å². The van der Waals surface area contributed by atoms with Gasteiger partial charge in [-0.1, -0.05) is 41.0 Å². The van der Waals surface area contributed by atoms with E-state index in [-0.39, 0.29) is 17.2 Å². The van der Waals surface area contributed by atoms with Crippen molar-refractivity contribution in [2.75, 3.05) is 24.8 Å². The van der Waals surface area contributed by atoms with Gasteiger partial charge in [0.15, 0.2) is 5.16 Å². The van der Waals surface area contributed by atoms with Gasteiger partial charge in [-0.3, -0.25) is 14.2 Å². The molecule has 3 rings (SSSR count). The van der Waals surface area contributed by atoms with E-state index in [0.29, 0.717) is 51.4 Å². The Bertz CT molecular complexity index is 1130. The number of carbonyl (C=O) groups excluding carboxylic acids is 1. The summed E-state index contributed by atoms with van der Waals surface area (Å²) in [4.78, 5) is 30.0. The van der Waals surface area contributed by atoms with Gasteiger partial charge in [0.1, 0.15) is 0 Å². The summed E-state index contributed by atoms with van der Waals surface area (Å²) in [5.41, 5.74) is 1.89. The summed E-state index contributed by atoms with van der Waals surface area (Å²) in [5, 5.41) is 4.84. The molecule has 0 spiro atoms. The quantitative estimate of drug-likeness (QED) is 0.294. The lowest BCUT2D eigenvalue weighted by Crippen LogP contribution is -2.25. The number of ether oxygens (including phenoxy) is 1. The number of hydrogen-bond acceptors (Lipinski definition) is 5. The Morgan fingerprint density at radius 3 is 2.77 bits per heavy atom. The number of benzene rings is 2. The van der Waals surface area contributed by atoms with Crippen LogP contribution in [0.25, 0.3) is 10.9 Å². The van der Waals surface area contributed by atoms with Crippen LogP contribution < -0.4 is 10.9 Å². The van der Waals surface area contributed by atoms with Crippen molar-refractivity contribution in [3.05, 3.63) is 62.4 Å². The molecule has 0 bridgehead atoms. The van der Waals surface area contributed by atoms with Crippen LogP contribution in [0.15, 0.2) is 46.3 Å². The number of anilines is 1. The zero-order valence-corrected chi connectivity index (χ0v) is 18.9. The Labute approximate surface area is 188 Å². The first-order valence-electron chi connectivity index (χ1n) is 9.27. The molecule has 0 fully saturated rings. The number of hydrogen-bond donors (Lipinski definition) is 1. The Morgan fingerprint density at radius 1 is 1.23 bits per heavy atom. The fraction of sp³-hybridized carbons (Fsp3) is 0.286. The maximum atomic E-state index is 13.0. The normalized spacial score (nSPS) is 11.1. The number of methoxy groups -OCH3 is 1. The number of aromatic nitrogens is 2. The molecule has 6 nitrogen and oxygen atoms in total. The molecule has 0 saturated carbocycles. The van der Waals surface area contributed by atoms with Crippen LogP contribution in [0.2, 0.25) is 10.0 Å². The molecule has 0 saturated heterocycles. The number of thioether (sulfide) groups is 1. The average molecular weight is 466 g/mol. The number of nitrogens with one attached hydrogen (secondary N) is 1. The van der Waals surface area contributed by atoms with E-state index in [9.17, 15) is 9.59 Å². The molecule has 1 heterocycles. The second-order valence-electron chi connectivity index (χ2n) is 6.66. The minimum absolute atomic E-state index is 0.0916. The number of halogens is 2. The lowest BCUT2D eigenvalue weighted by atomic mass is 10.2. The summed E-state index contributed by atoms with van der Waals surface area (Å²) in [5.74, 6) is -0.127. The van der Waals surface area contributed by atoms with E-state index >= 15 is 0 Å². The van der Waals surface area contributed by atoms with Gasteiger partial charge in [0, 0.05) is 36.0 Å². The summed E-state index contributed by atoms with van der Waals surface area (Å²) in [6.07, 6.45) is 0.652. The number of nitrogens with zero attached hydrogens (tertiary/aromatic N) is 2. The number of rotatable bonds is 8. The molecule has 0 aliphatic heterocycles. The second kappa shape index (κ2) is 10.3. The van der Waals surface area contributed by atoms with Gasteiger partial charge < -0.3 is 10.1 Å². The van der Waals surface area contributed by atoms with Crippen molar-refractivity contribution >= 4 is 57.5 Å². The van der Waals surface area contributed by atoms with Crippen LogP contribution in [-0.4, -0.2) is 34.9 Å². The van der Waals surface area contributed by atoms with Crippen molar-refractivity contribution in [2.24, 2.45) is 0 Å². The van der Waals surface area contributed by atoms with E-state index in [0.717, 1.165) is 5.56 Å². The van der Waals surface area contributed by atoms with Gasteiger partial charge in [0.25, 0.3) is 5.56 Å². The number of amides is 1. The molecule has 0 aliphatic rings. The highest BCUT2D eigenvalue weighted by molar-refractivity contribution is 7.99. The molecule has 1 aromatic heterocycles. The van der Waals surface area contributed by atoms with E-state index in [1.165, 1.54) is 11.8 Å². The predicted molar refractivity (Wildman–Crippen MR) is 123 cm³/mol. The minimum Gasteiger partial charge on any atom is -0.385 e. The Balaban J connectivity index is 1.82. The van der Waals surface area contributed by atoms with Gasteiger partial charge in [0.2, 0.25) is 5.91 Å². The van der Waals surface area contributed by atoms with Gasteiger partial charge in [-0.15, -0.1) is 0 Å². The zero-order chi connectivity index (χ0) is 21.7. The summed E-state index contributed by atoms with van der Waals surface area (Å²) < 4.78 is 6.67. The lowest BCUT2D eigenvalue weighted by molar-refractivity contribution is -0.113. The van der Waals surface area contributed by atoms with Crippen LogP contribution >= 0.6 is 35.0 Å². The molecule has 0 unspecified atom stereocenters. The maximum Gasteiger partial charge on any atom is 0.262 e. The summed E-state index contributed by atoms with van der Waals surface area (Å²) >= 11 is 13.4. The summed E-state index contributed by atoms with van der Waals surface area (Å²) in [6, 6.07) is 10.3. The zero-order valence-electron chi connectivity index (χ0n) is 16.6. The van der Waals surface area contributed by atoms with E-state index in [2.05, 4.69) is 10.3 Å². The van der Waals surface area contributed by atoms with Crippen LogP contribution in [0.5, 0.6) is 0 Å². The van der Waals surface area contributed by atoms with E-state index in [4.69, 9.17) is 27.9 Å². The van der Waals surface area contributed by atoms with Gasteiger partial charge >= 0.3 is 0 Å². The van der Waals surface area contributed by atoms with Crippen LogP contribution in [0, 0.1) is 6.92 Å². The molecule has 0 aliphatic carbocycles. The Morgan fingerprint density at radius 2 is 2.03 bits per heavy atom. The number of aryl methyl sites for hydroxylation is 1. The first-order valence-corrected chi connectivity index (χ1v) is 11.0. The first kappa shape index (κ1) is 22.6. The maximum absolute atomic E-state index is 13.0. The summed E-state index contributed by atoms with van der Waals surface area (Å²) in [6.45, 7) is 2.85. The SMILES string of the molecule is COCCCn1c(SCC(=O)Nc2ccc(C)c(Cl)c2)nc2cc(Cl)ccc2c1=O. The van der Waals surface area contributed by atoms with Crippen LogP contribution in [0.4, 0.5) is 5.69 Å². The van der Waals surface area contributed by atoms with Gasteiger partial charge in [0.05, 0.1) is 16.7 Å². The molecular formula is C21H21Cl2N3O3S. The third-order valence-corrected chi connectivity index (χ3v) is 6.02. The minimum atomic E-state index is -0.219. The highest BCUT2D eigenvalue weighted by Gasteiger charge is 2.14. The van der Waals surface area contributed by atoms with E-state index < -0.39 is 0 Å². The van der Waals surface area contributed by atoms with Crippen molar-refractivity contribution in [1.82, 2.24) is 9.55 Å². The molecule has 0 radical (unpaired) electrons. The van der Waals surface area contributed by atoms with Crippen molar-refractivity contribution < 1.29 is 9.53 Å². The highest BCUT2D eigenvalue weighted by Crippen LogP contribution is 2.23. The fourth-order valence-electron chi connectivity index (χ4n) is 2.85. The van der Waals surface area contributed by atoms with Gasteiger partial charge in [-0.05, 0) is 49.2 Å². The molecule has 158 valence electrons. The van der Waals surface area contributed by atoms with Crippen molar-refractivity contribution in [3.63, 3.8) is 0 Å². The van der Waals surface area contributed by atoms with E-state index in [1.54, 1.807) is 42.0 Å². The average Bonchev–Trinajstić information content (AvgIpc) is 2.71. The van der Waals surface area contributed by atoms with Crippen LogP contribution in [-0.2, 0) is 16.1 Å².